The summed E-state index contributed by atoms with van der Waals surface area (Å²) in [6.07, 6.45) is 0.330. The number of carbonyl (C=O) groups is 2. The van der Waals surface area contributed by atoms with Gasteiger partial charge in [0, 0.05) is 6.42 Å². The highest BCUT2D eigenvalue weighted by molar-refractivity contribution is 5.77. The zero-order valence-electron chi connectivity index (χ0n) is 17.7. The van der Waals surface area contributed by atoms with Gasteiger partial charge >= 0.3 is 5.97 Å². The average molecular weight is 422 g/mol. The molecule has 29 heavy (non-hydrogen) atoms. The fourth-order valence-corrected chi connectivity index (χ4v) is 3.72. The Balaban J connectivity index is 3.37. The summed E-state index contributed by atoms with van der Waals surface area (Å²) < 4.78 is 72.3. The quantitative estimate of drug-likeness (QED) is 0.167. The summed E-state index contributed by atoms with van der Waals surface area (Å²) in [4.78, 5) is 24.3. The first kappa shape index (κ1) is 25.0. The van der Waals surface area contributed by atoms with Gasteiger partial charge in [0.1, 0.15) is 5.78 Å². The lowest BCUT2D eigenvalue weighted by Gasteiger charge is -2.53. The molecule has 0 aliphatic carbocycles. The minimum absolute atomic E-state index is 0.110. The summed E-state index contributed by atoms with van der Waals surface area (Å²) in [6, 6.07) is 0. The molecule has 0 amide bonds. The van der Waals surface area contributed by atoms with Crippen LogP contribution >= 0.6 is 0 Å². The fourth-order valence-electron chi connectivity index (χ4n) is 3.72. The SMILES string of the molecule is CCC(C)(C)C(C)(CC(=O)Oc1c(F)c(F)c(F)c(F)c1F)C(C)(C)CC(C)=O. The molecule has 164 valence electrons. The topological polar surface area (TPSA) is 43.4 Å². The van der Waals surface area contributed by atoms with E-state index in [4.69, 9.17) is 0 Å². The second kappa shape index (κ2) is 8.40. The third-order valence-electron chi connectivity index (χ3n) is 6.45. The predicted octanol–water partition coefficient (Wildman–Crippen LogP) is 6.13. The number of hydrogen-bond acceptors (Lipinski definition) is 3. The molecule has 3 nitrogen and oxygen atoms in total. The van der Waals surface area contributed by atoms with Crippen LogP contribution in [-0.2, 0) is 9.59 Å². The van der Waals surface area contributed by atoms with Crippen molar-refractivity contribution in [1.29, 1.82) is 0 Å². The van der Waals surface area contributed by atoms with Gasteiger partial charge in [0.05, 0.1) is 6.42 Å². The van der Waals surface area contributed by atoms with Crippen LogP contribution in [-0.4, -0.2) is 11.8 Å². The lowest BCUT2D eigenvalue weighted by Crippen LogP contribution is -2.49. The van der Waals surface area contributed by atoms with Gasteiger partial charge < -0.3 is 9.53 Å². The molecule has 0 saturated heterocycles. The zero-order chi connectivity index (χ0) is 22.9. The highest BCUT2D eigenvalue weighted by Crippen LogP contribution is 2.57. The number of benzene rings is 1. The lowest BCUT2D eigenvalue weighted by molar-refractivity contribution is -0.147. The van der Waals surface area contributed by atoms with Crippen LogP contribution < -0.4 is 4.74 Å². The molecule has 0 radical (unpaired) electrons. The fraction of sp³-hybridized carbons (Fsp3) is 0.619. The van der Waals surface area contributed by atoms with Crippen molar-refractivity contribution >= 4 is 11.8 Å². The maximum absolute atomic E-state index is 13.9. The van der Waals surface area contributed by atoms with Gasteiger partial charge in [-0.2, -0.15) is 8.78 Å². The Morgan fingerprint density at radius 2 is 1.17 bits per heavy atom. The number of hydrogen-bond donors (Lipinski definition) is 0. The monoisotopic (exact) mass is 422 g/mol. The Bertz CT molecular complexity index is 788. The van der Waals surface area contributed by atoms with Gasteiger partial charge in [-0.1, -0.05) is 48.0 Å². The van der Waals surface area contributed by atoms with Crippen molar-refractivity contribution < 1.29 is 36.3 Å². The van der Waals surface area contributed by atoms with E-state index in [0.717, 1.165) is 0 Å². The first-order valence-electron chi connectivity index (χ1n) is 9.24. The van der Waals surface area contributed by atoms with E-state index >= 15 is 0 Å². The summed E-state index contributed by atoms with van der Waals surface area (Å²) in [6.45, 7) is 12.4. The number of carbonyl (C=O) groups excluding carboxylic acids is 2. The Hall–Kier alpha value is -1.99. The molecule has 0 fully saturated rings. The van der Waals surface area contributed by atoms with Gasteiger partial charge in [0.2, 0.25) is 34.8 Å². The summed E-state index contributed by atoms with van der Waals surface area (Å²) in [7, 11) is 0. The smallest absolute Gasteiger partial charge is 0.311 e. The molecule has 0 spiro atoms. The highest BCUT2D eigenvalue weighted by atomic mass is 19.2. The normalized spacial score (nSPS) is 14.5. The second-order valence-electron chi connectivity index (χ2n) is 8.88. The minimum atomic E-state index is -2.33. The van der Waals surface area contributed by atoms with Crippen LogP contribution in [0.15, 0.2) is 0 Å². The number of Topliss-reactive ketones (excluding diaryl/α,β-unsaturated/α-hetero) is 1. The molecule has 0 heterocycles. The molecule has 1 aromatic carbocycles. The molecule has 1 unspecified atom stereocenters. The number of ether oxygens (including phenoxy) is 1. The third kappa shape index (κ3) is 4.61. The van der Waals surface area contributed by atoms with Crippen LogP contribution in [0.25, 0.3) is 0 Å². The van der Waals surface area contributed by atoms with Gasteiger partial charge in [0.15, 0.2) is 0 Å². The van der Waals surface area contributed by atoms with Crippen molar-refractivity contribution in [2.75, 3.05) is 0 Å². The summed E-state index contributed by atoms with van der Waals surface area (Å²) in [5, 5.41) is 0. The van der Waals surface area contributed by atoms with Crippen LogP contribution in [0.1, 0.15) is 67.7 Å². The van der Waals surface area contributed by atoms with Crippen molar-refractivity contribution in [2.45, 2.75) is 67.7 Å². The Labute approximate surface area is 167 Å². The molecule has 1 aromatic rings. The molecule has 0 bridgehead atoms. The Morgan fingerprint density at radius 3 is 1.55 bits per heavy atom. The Morgan fingerprint density at radius 1 is 0.759 bits per heavy atom. The van der Waals surface area contributed by atoms with Gasteiger partial charge in [-0.3, -0.25) is 4.79 Å². The Kier molecular flexibility index (Phi) is 7.25. The third-order valence-corrected chi connectivity index (χ3v) is 6.45. The number of halogens is 5. The van der Waals surface area contributed by atoms with E-state index in [1.165, 1.54) is 6.92 Å². The van der Waals surface area contributed by atoms with Crippen LogP contribution in [0.2, 0.25) is 0 Å². The second-order valence-corrected chi connectivity index (χ2v) is 8.88. The van der Waals surface area contributed by atoms with E-state index in [2.05, 4.69) is 4.74 Å². The number of esters is 1. The summed E-state index contributed by atoms with van der Waals surface area (Å²) in [5.74, 6) is -14.1. The van der Waals surface area contributed by atoms with Crippen molar-refractivity contribution in [3.63, 3.8) is 0 Å². The van der Waals surface area contributed by atoms with Crippen molar-refractivity contribution in [2.24, 2.45) is 16.2 Å². The molecule has 0 aliphatic heterocycles. The van der Waals surface area contributed by atoms with E-state index in [-0.39, 0.29) is 12.2 Å². The van der Waals surface area contributed by atoms with E-state index in [1.54, 1.807) is 20.8 Å². The minimum Gasteiger partial charge on any atom is -0.420 e. The molecule has 8 heteroatoms. The van der Waals surface area contributed by atoms with Crippen molar-refractivity contribution in [3.8, 4) is 5.75 Å². The highest BCUT2D eigenvalue weighted by Gasteiger charge is 2.52. The summed E-state index contributed by atoms with van der Waals surface area (Å²) >= 11 is 0. The van der Waals surface area contributed by atoms with E-state index in [9.17, 15) is 31.5 Å². The standard InChI is InChI=1S/C21H27F5O3/c1-8-19(3,4)21(7,20(5,6)9-11(2)27)10-12(28)29-18-16(25)14(23)13(22)15(24)17(18)26/h8-10H2,1-7H3. The number of ketones is 1. The van der Waals surface area contributed by atoms with E-state index in [1.807, 2.05) is 20.8 Å². The van der Waals surface area contributed by atoms with Gasteiger partial charge in [-0.15, -0.1) is 0 Å². The van der Waals surface area contributed by atoms with Gasteiger partial charge in [-0.25, -0.2) is 13.2 Å². The predicted molar refractivity (Wildman–Crippen MR) is 97.7 cm³/mol. The van der Waals surface area contributed by atoms with Gasteiger partial charge in [-0.05, 0) is 23.2 Å². The molecule has 1 rings (SSSR count). The van der Waals surface area contributed by atoms with Crippen LogP contribution in [0.5, 0.6) is 5.75 Å². The molecule has 1 atom stereocenters. The van der Waals surface area contributed by atoms with E-state index < -0.39 is 63.5 Å². The van der Waals surface area contributed by atoms with Crippen LogP contribution in [0, 0.1) is 45.3 Å². The van der Waals surface area contributed by atoms with Crippen molar-refractivity contribution in [3.05, 3.63) is 29.1 Å². The first-order chi connectivity index (χ1) is 13.0. The largest absolute Gasteiger partial charge is 0.420 e. The van der Waals surface area contributed by atoms with E-state index in [0.29, 0.717) is 6.42 Å². The summed E-state index contributed by atoms with van der Waals surface area (Å²) in [5.41, 5.74) is -2.16. The zero-order valence-corrected chi connectivity index (χ0v) is 17.7. The molecule has 0 aliphatic rings. The maximum atomic E-state index is 13.9. The molecule has 0 N–H and O–H groups in total. The average Bonchev–Trinajstić information content (AvgIpc) is 2.60. The maximum Gasteiger partial charge on any atom is 0.311 e. The van der Waals surface area contributed by atoms with Gasteiger partial charge in [0.25, 0.3) is 0 Å². The first-order valence-corrected chi connectivity index (χ1v) is 9.24. The van der Waals surface area contributed by atoms with Crippen LogP contribution in [0.3, 0.4) is 0 Å². The lowest BCUT2D eigenvalue weighted by atomic mass is 9.50. The number of rotatable bonds is 8. The molecule has 0 saturated carbocycles. The molecular formula is C21H27F5O3. The molecule has 0 aromatic heterocycles. The van der Waals surface area contributed by atoms with Crippen molar-refractivity contribution in [1.82, 2.24) is 0 Å². The van der Waals surface area contributed by atoms with Crippen LogP contribution in [0.4, 0.5) is 22.0 Å². The molecular weight excluding hydrogens is 395 g/mol.